The SMILES string of the molecule is NC1=CNC=NC1(N)Cc1ccco1. The molecule has 74 valence electrons. The van der Waals surface area contributed by atoms with Gasteiger partial charge < -0.3 is 21.2 Å². The quantitative estimate of drug-likeness (QED) is 0.610. The van der Waals surface area contributed by atoms with Gasteiger partial charge in [-0.05, 0) is 12.1 Å². The normalized spacial score (nSPS) is 25.6. The van der Waals surface area contributed by atoms with Crippen LogP contribution in [0.3, 0.4) is 0 Å². The van der Waals surface area contributed by atoms with E-state index in [-0.39, 0.29) is 0 Å². The number of nitrogens with two attached hydrogens (primary N) is 2. The average Bonchev–Trinajstić information content (AvgIpc) is 2.63. The predicted molar refractivity (Wildman–Crippen MR) is 53.2 cm³/mol. The van der Waals surface area contributed by atoms with E-state index < -0.39 is 5.66 Å². The molecule has 0 aromatic carbocycles. The molecule has 5 N–H and O–H groups in total. The Balaban J connectivity index is 2.20. The van der Waals surface area contributed by atoms with E-state index in [1.165, 1.54) is 6.34 Å². The maximum atomic E-state index is 6.00. The van der Waals surface area contributed by atoms with Crippen molar-refractivity contribution in [1.82, 2.24) is 5.32 Å². The molecule has 1 aliphatic heterocycles. The third-order valence-electron chi connectivity index (χ3n) is 2.13. The second-order valence-corrected chi connectivity index (χ2v) is 3.20. The van der Waals surface area contributed by atoms with Crippen LogP contribution in [-0.4, -0.2) is 12.0 Å². The lowest BCUT2D eigenvalue weighted by molar-refractivity contribution is 0.428. The number of hydrogen-bond donors (Lipinski definition) is 3. The Morgan fingerprint density at radius 2 is 2.43 bits per heavy atom. The predicted octanol–water partition coefficient (Wildman–Crippen LogP) is -0.0913. The standard InChI is InChI=1S/C9H12N4O/c10-8-5-12-6-13-9(8,11)4-7-2-1-3-14-7/h1-3,5-6H,4,10-11H2,(H,12,13). The fraction of sp³-hybridized carbons (Fsp3) is 0.222. The van der Waals surface area contributed by atoms with Gasteiger partial charge in [0.05, 0.1) is 18.3 Å². The first-order valence-electron chi connectivity index (χ1n) is 4.28. The van der Waals surface area contributed by atoms with Crippen LogP contribution in [-0.2, 0) is 6.42 Å². The number of aliphatic imine (C=N–C) groups is 1. The van der Waals surface area contributed by atoms with Crippen LogP contribution in [0.25, 0.3) is 0 Å². The molecule has 0 saturated carbocycles. The van der Waals surface area contributed by atoms with Crippen LogP contribution < -0.4 is 16.8 Å². The minimum atomic E-state index is -0.886. The molecular formula is C9H12N4O. The summed E-state index contributed by atoms with van der Waals surface area (Å²) in [5, 5.41) is 2.78. The lowest BCUT2D eigenvalue weighted by Gasteiger charge is -2.26. The maximum Gasteiger partial charge on any atom is 0.158 e. The van der Waals surface area contributed by atoms with Crippen LogP contribution in [0.5, 0.6) is 0 Å². The topological polar surface area (TPSA) is 89.6 Å². The van der Waals surface area contributed by atoms with Gasteiger partial charge in [-0.15, -0.1) is 0 Å². The van der Waals surface area contributed by atoms with Gasteiger partial charge in [0.1, 0.15) is 5.76 Å². The second-order valence-electron chi connectivity index (χ2n) is 3.20. The van der Waals surface area contributed by atoms with Gasteiger partial charge in [-0.3, -0.25) is 0 Å². The van der Waals surface area contributed by atoms with Crippen molar-refractivity contribution in [2.24, 2.45) is 16.5 Å². The van der Waals surface area contributed by atoms with Gasteiger partial charge in [0, 0.05) is 12.6 Å². The molecule has 0 aliphatic carbocycles. The Bertz CT molecular complexity index is 368. The molecule has 0 amide bonds. The minimum Gasteiger partial charge on any atom is -0.469 e. The third kappa shape index (κ3) is 1.49. The highest BCUT2D eigenvalue weighted by Crippen LogP contribution is 2.19. The second kappa shape index (κ2) is 3.19. The summed E-state index contributed by atoms with van der Waals surface area (Å²) in [7, 11) is 0. The average molecular weight is 192 g/mol. The Hall–Kier alpha value is -1.75. The Kier molecular flexibility index (Phi) is 2.01. The zero-order valence-electron chi connectivity index (χ0n) is 7.60. The van der Waals surface area contributed by atoms with Crippen molar-refractivity contribution in [3.63, 3.8) is 0 Å². The van der Waals surface area contributed by atoms with Gasteiger partial charge in [-0.25, -0.2) is 4.99 Å². The molecule has 0 bridgehead atoms. The Labute approximate surface area is 81.5 Å². The lowest BCUT2D eigenvalue weighted by Crippen LogP contribution is -2.48. The zero-order chi connectivity index (χ0) is 10.0. The molecule has 14 heavy (non-hydrogen) atoms. The van der Waals surface area contributed by atoms with E-state index in [4.69, 9.17) is 15.9 Å². The number of nitrogens with one attached hydrogen (secondary N) is 1. The highest BCUT2D eigenvalue weighted by molar-refractivity contribution is 5.59. The van der Waals surface area contributed by atoms with Crippen LogP contribution in [0.15, 0.2) is 39.7 Å². The number of nitrogens with zero attached hydrogens (tertiary/aromatic N) is 1. The summed E-state index contributed by atoms with van der Waals surface area (Å²) in [5.74, 6) is 0.767. The van der Waals surface area contributed by atoms with E-state index in [0.29, 0.717) is 12.1 Å². The summed E-state index contributed by atoms with van der Waals surface area (Å²) in [4.78, 5) is 4.11. The number of hydrogen-bond acceptors (Lipinski definition) is 5. The molecule has 5 heteroatoms. The first-order chi connectivity index (χ1) is 6.71. The summed E-state index contributed by atoms with van der Waals surface area (Å²) in [6.07, 6.45) is 5.22. The van der Waals surface area contributed by atoms with Crippen LogP contribution >= 0.6 is 0 Å². The van der Waals surface area contributed by atoms with Crippen molar-refractivity contribution in [2.75, 3.05) is 0 Å². The van der Waals surface area contributed by atoms with Crippen molar-refractivity contribution in [3.05, 3.63) is 36.1 Å². The highest BCUT2D eigenvalue weighted by Gasteiger charge is 2.30. The summed E-state index contributed by atoms with van der Waals surface area (Å²) in [6.45, 7) is 0. The minimum absolute atomic E-state index is 0.459. The molecule has 1 aromatic rings. The molecular weight excluding hydrogens is 180 g/mol. The van der Waals surface area contributed by atoms with Crippen LogP contribution in [0, 0.1) is 0 Å². The van der Waals surface area contributed by atoms with E-state index in [9.17, 15) is 0 Å². The largest absolute Gasteiger partial charge is 0.469 e. The lowest BCUT2D eigenvalue weighted by atomic mass is 10.0. The molecule has 2 rings (SSSR count). The monoisotopic (exact) mass is 192 g/mol. The summed E-state index contributed by atoms with van der Waals surface area (Å²) in [5.41, 5.74) is 11.4. The van der Waals surface area contributed by atoms with E-state index in [2.05, 4.69) is 10.3 Å². The van der Waals surface area contributed by atoms with Gasteiger partial charge in [-0.1, -0.05) is 0 Å². The van der Waals surface area contributed by atoms with Gasteiger partial charge in [0.25, 0.3) is 0 Å². The number of rotatable bonds is 2. The van der Waals surface area contributed by atoms with Gasteiger partial charge in [0.2, 0.25) is 0 Å². The number of furan rings is 1. The molecule has 2 heterocycles. The first-order valence-corrected chi connectivity index (χ1v) is 4.28. The van der Waals surface area contributed by atoms with Crippen LogP contribution in [0.2, 0.25) is 0 Å². The smallest absolute Gasteiger partial charge is 0.158 e. The van der Waals surface area contributed by atoms with Crippen molar-refractivity contribution in [2.45, 2.75) is 12.1 Å². The summed E-state index contributed by atoms with van der Waals surface area (Å²) < 4.78 is 5.19. The molecule has 1 atom stereocenters. The zero-order valence-corrected chi connectivity index (χ0v) is 7.60. The molecule has 1 aliphatic rings. The van der Waals surface area contributed by atoms with Crippen molar-refractivity contribution in [1.29, 1.82) is 0 Å². The summed E-state index contributed by atoms with van der Waals surface area (Å²) >= 11 is 0. The van der Waals surface area contributed by atoms with Crippen LogP contribution in [0.1, 0.15) is 5.76 Å². The van der Waals surface area contributed by atoms with E-state index in [0.717, 1.165) is 5.76 Å². The molecule has 5 nitrogen and oxygen atoms in total. The van der Waals surface area contributed by atoms with E-state index >= 15 is 0 Å². The third-order valence-corrected chi connectivity index (χ3v) is 2.13. The fourth-order valence-corrected chi connectivity index (χ4v) is 1.31. The fourth-order valence-electron chi connectivity index (χ4n) is 1.31. The van der Waals surface area contributed by atoms with E-state index in [1.54, 1.807) is 12.5 Å². The van der Waals surface area contributed by atoms with Gasteiger partial charge in [-0.2, -0.15) is 0 Å². The first kappa shape index (κ1) is 8.83. The maximum absolute atomic E-state index is 6.00. The highest BCUT2D eigenvalue weighted by atomic mass is 16.3. The molecule has 0 saturated heterocycles. The van der Waals surface area contributed by atoms with Crippen molar-refractivity contribution < 1.29 is 4.42 Å². The van der Waals surface area contributed by atoms with E-state index in [1.807, 2.05) is 12.1 Å². The van der Waals surface area contributed by atoms with Crippen molar-refractivity contribution in [3.8, 4) is 0 Å². The molecule has 0 fully saturated rings. The Morgan fingerprint density at radius 3 is 3.07 bits per heavy atom. The Morgan fingerprint density at radius 1 is 1.57 bits per heavy atom. The molecule has 1 aromatic heterocycles. The van der Waals surface area contributed by atoms with Gasteiger partial charge >= 0.3 is 0 Å². The van der Waals surface area contributed by atoms with Crippen molar-refractivity contribution >= 4 is 6.34 Å². The summed E-state index contributed by atoms with van der Waals surface area (Å²) in [6, 6.07) is 3.66. The molecule has 1 unspecified atom stereocenters. The van der Waals surface area contributed by atoms with Gasteiger partial charge in [0.15, 0.2) is 5.66 Å². The molecule has 0 radical (unpaired) electrons. The molecule has 0 spiro atoms. The van der Waals surface area contributed by atoms with Crippen LogP contribution in [0.4, 0.5) is 0 Å².